The lowest BCUT2D eigenvalue weighted by Gasteiger charge is -2.31. The van der Waals surface area contributed by atoms with E-state index in [1.165, 1.54) is 6.08 Å². The Bertz CT molecular complexity index is 926. The monoisotopic (exact) mass is 432 g/mol. The molecule has 1 aliphatic heterocycles. The summed E-state index contributed by atoms with van der Waals surface area (Å²) in [7, 11) is 4.66. The minimum absolute atomic E-state index is 0.288. The Morgan fingerprint density at radius 1 is 1.07 bits per heavy atom. The van der Waals surface area contributed by atoms with Crippen LogP contribution < -0.4 is 24.4 Å². The Balaban J connectivity index is 1.81. The molecule has 0 aliphatic carbocycles. The normalized spacial score (nSPS) is 13.9. The Morgan fingerprint density at radius 2 is 1.73 bits per heavy atom. The van der Waals surface area contributed by atoms with Crippen LogP contribution in [0.25, 0.3) is 6.08 Å². The molecule has 8 heteroatoms. The Hall–Kier alpha value is -2.90. The van der Waals surface area contributed by atoms with Crippen molar-refractivity contribution in [2.75, 3.05) is 57.8 Å². The predicted molar refractivity (Wildman–Crippen MR) is 118 cm³/mol. The molecule has 2 aromatic rings. The van der Waals surface area contributed by atoms with Crippen LogP contribution in [-0.4, -0.2) is 53.5 Å². The molecule has 160 valence electrons. The van der Waals surface area contributed by atoms with Crippen LogP contribution in [0, 0.1) is 0 Å². The molecule has 1 saturated heterocycles. The number of anilines is 2. The SMILES string of the molecule is COc1cc(OC)c(OC)cc1C=CC(=O)Nc1cccc(Cl)c1N1CCOCC1. The Labute approximate surface area is 181 Å². The van der Waals surface area contributed by atoms with Crippen molar-refractivity contribution in [3.05, 3.63) is 47.0 Å². The molecule has 1 heterocycles. The highest BCUT2D eigenvalue weighted by atomic mass is 35.5. The number of benzene rings is 2. The van der Waals surface area contributed by atoms with Crippen molar-refractivity contribution in [3.8, 4) is 17.2 Å². The number of morpholine rings is 1. The van der Waals surface area contributed by atoms with E-state index in [0.29, 0.717) is 59.8 Å². The molecule has 0 aromatic heterocycles. The quantitative estimate of drug-likeness (QED) is 0.670. The second-order valence-corrected chi connectivity index (χ2v) is 6.91. The van der Waals surface area contributed by atoms with Gasteiger partial charge in [-0.05, 0) is 24.3 Å². The first-order valence-electron chi connectivity index (χ1n) is 9.47. The van der Waals surface area contributed by atoms with E-state index in [-0.39, 0.29) is 5.91 Å². The topological polar surface area (TPSA) is 69.3 Å². The third-order valence-corrected chi connectivity index (χ3v) is 5.03. The molecular formula is C22H25ClN2O5. The summed E-state index contributed by atoms with van der Waals surface area (Å²) >= 11 is 6.43. The van der Waals surface area contributed by atoms with Crippen LogP contribution in [0.2, 0.25) is 5.02 Å². The van der Waals surface area contributed by atoms with Crippen molar-refractivity contribution in [1.82, 2.24) is 0 Å². The van der Waals surface area contributed by atoms with E-state index < -0.39 is 0 Å². The van der Waals surface area contributed by atoms with Crippen LogP contribution in [0.15, 0.2) is 36.4 Å². The molecule has 7 nitrogen and oxygen atoms in total. The maximum absolute atomic E-state index is 12.6. The maximum Gasteiger partial charge on any atom is 0.248 e. The zero-order valence-electron chi connectivity index (χ0n) is 17.2. The van der Waals surface area contributed by atoms with E-state index in [9.17, 15) is 4.79 Å². The summed E-state index contributed by atoms with van der Waals surface area (Å²) in [6.07, 6.45) is 3.10. The maximum atomic E-state index is 12.6. The van der Waals surface area contributed by atoms with Gasteiger partial charge in [0.2, 0.25) is 5.91 Å². The largest absolute Gasteiger partial charge is 0.496 e. The molecule has 0 saturated carbocycles. The lowest BCUT2D eigenvalue weighted by atomic mass is 10.1. The minimum atomic E-state index is -0.288. The average molecular weight is 433 g/mol. The smallest absolute Gasteiger partial charge is 0.248 e. The number of hydrogen-bond donors (Lipinski definition) is 1. The molecule has 1 amide bonds. The number of nitrogens with zero attached hydrogens (tertiary/aromatic N) is 1. The standard InChI is InChI=1S/C22H25ClN2O5/c1-27-18-14-20(29-3)19(28-2)13-15(18)7-8-21(26)24-17-6-4-5-16(23)22(17)25-9-11-30-12-10-25/h4-8,13-14H,9-12H2,1-3H3,(H,24,26). The molecule has 0 bridgehead atoms. The molecule has 3 rings (SSSR count). The highest BCUT2D eigenvalue weighted by Crippen LogP contribution is 2.36. The molecular weight excluding hydrogens is 408 g/mol. The zero-order chi connectivity index (χ0) is 21.5. The predicted octanol–water partition coefficient (Wildman–Crippen LogP) is 3.85. The molecule has 1 aliphatic rings. The van der Waals surface area contributed by atoms with Crippen LogP contribution in [0.1, 0.15) is 5.56 Å². The van der Waals surface area contributed by atoms with Gasteiger partial charge in [0.15, 0.2) is 11.5 Å². The summed E-state index contributed by atoms with van der Waals surface area (Å²) in [6.45, 7) is 2.67. The number of ether oxygens (including phenoxy) is 4. The molecule has 1 N–H and O–H groups in total. The number of methoxy groups -OCH3 is 3. The van der Waals surface area contributed by atoms with Crippen molar-refractivity contribution >= 4 is 35.0 Å². The van der Waals surface area contributed by atoms with Crippen LogP contribution in [0.4, 0.5) is 11.4 Å². The summed E-state index contributed by atoms with van der Waals surface area (Å²) in [5.41, 5.74) is 2.14. The van der Waals surface area contributed by atoms with E-state index in [2.05, 4.69) is 10.2 Å². The summed E-state index contributed by atoms with van der Waals surface area (Å²) in [5.74, 6) is 1.37. The molecule has 1 fully saturated rings. The van der Waals surface area contributed by atoms with Gasteiger partial charge in [0.1, 0.15) is 5.75 Å². The van der Waals surface area contributed by atoms with Gasteiger partial charge in [-0.2, -0.15) is 0 Å². The van der Waals surface area contributed by atoms with Gasteiger partial charge in [0, 0.05) is 30.8 Å². The number of rotatable bonds is 7. The van der Waals surface area contributed by atoms with E-state index >= 15 is 0 Å². The molecule has 2 aromatic carbocycles. The minimum Gasteiger partial charge on any atom is -0.496 e. The van der Waals surface area contributed by atoms with Crippen LogP contribution in [0.5, 0.6) is 17.2 Å². The van der Waals surface area contributed by atoms with Crippen LogP contribution in [-0.2, 0) is 9.53 Å². The van der Waals surface area contributed by atoms with Gasteiger partial charge >= 0.3 is 0 Å². The van der Waals surface area contributed by atoms with E-state index in [1.807, 2.05) is 18.2 Å². The van der Waals surface area contributed by atoms with Gasteiger partial charge in [-0.15, -0.1) is 0 Å². The van der Waals surface area contributed by atoms with E-state index in [4.69, 9.17) is 30.5 Å². The molecule has 30 heavy (non-hydrogen) atoms. The highest BCUT2D eigenvalue weighted by Gasteiger charge is 2.18. The summed E-state index contributed by atoms with van der Waals surface area (Å²) in [4.78, 5) is 14.7. The number of amides is 1. The lowest BCUT2D eigenvalue weighted by molar-refractivity contribution is -0.111. The fraction of sp³-hybridized carbons (Fsp3) is 0.318. The number of nitrogens with one attached hydrogen (secondary N) is 1. The van der Waals surface area contributed by atoms with Gasteiger partial charge < -0.3 is 29.2 Å². The fourth-order valence-electron chi connectivity index (χ4n) is 3.25. The highest BCUT2D eigenvalue weighted by molar-refractivity contribution is 6.34. The van der Waals surface area contributed by atoms with Crippen molar-refractivity contribution in [1.29, 1.82) is 0 Å². The van der Waals surface area contributed by atoms with Gasteiger partial charge in [-0.25, -0.2) is 0 Å². The number of halogens is 1. The van der Waals surface area contributed by atoms with E-state index in [1.54, 1.807) is 39.5 Å². The number of carbonyl (C=O) groups is 1. The molecule has 0 spiro atoms. The van der Waals surface area contributed by atoms with E-state index in [0.717, 1.165) is 5.69 Å². The zero-order valence-corrected chi connectivity index (χ0v) is 18.0. The second kappa shape index (κ2) is 10.2. The third-order valence-electron chi connectivity index (χ3n) is 4.72. The molecule has 0 atom stereocenters. The lowest BCUT2D eigenvalue weighted by Crippen LogP contribution is -2.37. The van der Waals surface area contributed by atoms with Crippen molar-refractivity contribution in [2.45, 2.75) is 0 Å². The number of carbonyl (C=O) groups excluding carboxylic acids is 1. The summed E-state index contributed by atoms with van der Waals surface area (Å²) in [5, 5.41) is 3.50. The van der Waals surface area contributed by atoms with Gasteiger partial charge in [-0.3, -0.25) is 4.79 Å². The van der Waals surface area contributed by atoms with Crippen LogP contribution in [0.3, 0.4) is 0 Å². The third kappa shape index (κ3) is 4.98. The first-order valence-corrected chi connectivity index (χ1v) is 9.85. The van der Waals surface area contributed by atoms with Gasteiger partial charge in [0.05, 0.1) is 50.9 Å². The first-order chi connectivity index (χ1) is 14.6. The number of hydrogen-bond acceptors (Lipinski definition) is 6. The summed E-state index contributed by atoms with van der Waals surface area (Å²) < 4.78 is 21.4. The number of para-hydroxylation sites is 1. The Kier molecular flexibility index (Phi) is 7.43. The average Bonchev–Trinajstić information content (AvgIpc) is 2.77. The fourth-order valence-corrected chi connectivity index (χ4v) is 3.54. The molecule has 0 unspecified atom stereocenters. The first kappa shape index (κ1) is 21.8. The van der Waals surface area contributed by atoms with Gasteiger partial charge in [-0.1, -0.05) is 17.7 Å². The second-order valence-electron chi connectivity index (χ2n) is 6.51. The van der Waals surface area contributed by atoms with Crippen molar-refractivity contribution in [3.63, 3.8) is 0 Å². The molecule has 0 radical (unpaired) electrons. The van der Waals surface area contributed by atoms with Crippen molar-refractivity contribution in [2.24, 2.45) is 0 Å². The van der Waals surface area contributed by atoms with Crippen molar-refractivity contribution < 1.29 is 23.7 Å². The Morgan fingerprint density at radius 3 is 2.40 bits per heavy atom. The van der Waals surface area contributed by atoms with Crippen LogP contribution >= 0.6 is 11.6 Å². The van der Waals surface area contributed by atoms with Gasteiger partial charge in [0.25, 0.3) is 0 Å². The summed E-state index contributed by atoms with van der Waals surface area (Å²) in [6, 6.07) is 8.92.